The van der Waals surface area contributed by atoms with E-state index >= 15 is 0 Å². The number of aromatic nitrogens is 1. The molecule has 0 spiro atoms. The number of para-hydroxylation sites is 1. The molecule has 3 aromatic rings. The number of amides is 1. The number of rotatable bonds is 6. The third-order valence-corrected chi connectivity index (χ3v) is 8.47. The largest absolute Gasteiger partial charge is 0.486 e. The zero-order chi connectivity index (χ0) is 22.8. The average Bonchev–Trinajstić information content (AvgIpc) is 3.28. The number of carbonyl (C=O) groups is 1. The number of hydrogen-bond donors (Lipinski definition) is 1. The van der Waals surface area contributed by atoms with Crippen LogP contribution in [0.2, 0.25) is 0 Å². The van der Waals surface area contributed by atoms with Crippen molar-refractivity contribution in [3.63, 3.8) is 0 Å². The predicted octanol–water partition coefficient (Wildman–Crippen LogP) is 3.49. The molecule has 5 rings (SSSR count). The Morgan fingerprint density at radius 2 is 1.94 bits per heavy atom. The molecule has 1 atom stereocenters. The van der Waals surface area contributed by atoms with Crippen molar-refractivity contribution in [1.29, 1.82) is 0 Å². The summed E-state index contributed by atoms with van der Waals surface area (Å²) in [6, 6.07) is 12.4. The maximum Gasteiger partial charge on any atom is 0.240 e. The van der Waals surface area contributed by atoms with Gasteiger partial charge in [-0.15, -0.1) is 11.3 Å². The number of ether oxygens (including phenoxy) is 2. The molecule has 3 heterocycles. The molecule has 1 aromatic heterocycles. The van der Waals surface area contributed by atoms with Gasteiger partial charge in [-0.2, -0.15) is 0 Å². The summed E-state index contributed by atoms with van der Waals surface area (Å²) in [6.07, 6.45) is 2.94. The lowest BCUT2D eigenvalue weighted by molar-refractivity contribution is -0.134. The molecule has 174 valence electrons. The number of nitrogens with one attached hydrogen (secondary N) is 1. The monoisotopic (exact) mass is 487 g/mol. The molecule has 8 nitrogen and oxygen atoms in total. The Bertz CT molecular complexity index is 1240. The zero-order valence-corrected chi connectivity index (χ0v) is 19.7. The average molecular weight is 488 g/mol. The standard InChI is InChI=1S/C23H25N3O5S2/c27-22(10-11-24-33(28,29)16-8-9-19-20(15-16)31-14-13-30-19)26-12-4-3-6-18(26)23-25-17-5-1-2-7-21(17)32-23/h1-2,5,7-9,15,18,24H,3-4,6,10-14H2/t18-/m0/s1. The molecule has 1 N–H and O–H groups in total. The summed E-state index contributed by atoms with van der Waals surface area (Å²) in [6.45, 7) is 1.51. The van der Waals surface area contributed by atoms with Crippen LogP contribution < -0.4 is 14.2 Å². The fourth-order valence-corrected chi connectivity index (χ4v) is 6.39. The summed E-state index contributed by atoms with van der Waals surface area (Å²) >= 11 is 1.62. The van der Waals surface area contributed by atoms with Crippen molar-refractivity contribution in [3.8, 4) is 11.5 Å². The normalized spacial score (nSPS) is 18.4. The summed E-state index contributed by atoms with van der Waals surface area (Å²) in [5, 5.41) is 0.945. The van der Waals surface area contributed by atoms with Gasteiger partial charge in [-0.25, -0.2) is 18.1 Å². The van der Waals surface area contributed by atoms with Crippen LogP contribution in [0.15, 0.2) is 47.4 Å². The minimum Gasteiger partial charge on any atom is -0.486 e. The number of likely N-dealkylation sites (tertiary alicyclic amines) is 1. The third-order valence-electron chi connectivity index (χ3n) is 5.87. The van der Waals surface area contributed by atoms with Crippen molar-refractivity contribution < 1.29 is 22.7 Å². The van der Waals surface area contributed by atoms with E-state index in [1.54, 1.807) is 17.4 Å². The second-order valence-electron chi connectivity index (χ2n) is 8.07. The lowest BCUT2D eigenvalue weighted by Gasteiger charge is -2.34. The molecule has 1 fully saturated rings. The topological polar surface area (TPSA) is 97.8 Å². The molecule has 2 aliphatic rings. The number of hydrogen-bond acceptors (Lipinski definition) is 7. The molecule has 0 aliphatic carbocycles. The van der Waals surface area contributed by atoms with Crippen molar-refractivity contribution in [2.75, 3.05) is 26.3 Å². The van der Waals surface area contributed by atoms with Crippen molar-refractivity contribution >= 4 is 37.5 Å². The number of benzene rings is 2. The molecule has 0 bridgehead atoms. The van der Waals surface area contributed by atoms with Gasteiger partial charge in [0.2, 0.25) is 15.9 Å². The Morgan fingerprint density at radius 3 is 2.79 bits per heavy atom. The molecule has 0 saturated carbocycles. The number of nitrogens with zero attached hydrogens (tertiary/aromatic N) is 2. The summed E-state index contributed by atoms with van der Waals surface area (Å²) in [7, 11) is -3.77. The zero-order valence-electron chi connectivity index (χ0n) is 18.0. The molecule has 2 aromatic carbocycles. The van der Waals surface area contributed by atoms with Gasteiger partial charge in [-0.1, -0.05) is 12.1 Å². The van der Waals surface area contributed by atoms with Crippen LogP contribution in [0.5, 0.6) is 11.5 Å². The first-order chi connectivity index (χ1) is 16.0. The Labute approximate surface area is 196 Å². The Hall–Kier alpha value is -2.69. The predicted molar refractivity (Wildman–Crippen MR) is 125 cm³/mol. The fourth-order valence-electron chi connectivity index (χ4n) is 4.23. The number of fused-ring (bicyclic) bond motifs is 2. The van der Waals surface area contributed by atoms with Gasteiger partial charge in [0.25, 0.3) is 0 Å². The highest BCUT2D eigenvalue weighted by Crippen LogP contribution is 2.36. The van der Waals surface area contributed by atoms with Crippen molar-refractivity contribution in [3.05, 3.63) is 47.5 Å². The summed E-state index contributed by atoms with van der Waals surface area (Å²) in [5.41, 5.74) is 0.947. The molecule has 1 saturated heterocycles. The van der Waals surface area contributed by atoms with E-state index in [1.807, 2.05) is 29.2 Å². The van der Waals surface area contributed by atoms with Gasteiger partial charge in [-0.05, 0) is 43.5 Å². The molecule has 1 amide bonds. The second kappa shape index (κ2) is 9.28. The van der Waals surface area contributed by atoms with E-state index in [1.165, 1.54) is 12.1 Å². The van der Waals surface area contributed by atoms with Crippen LogP contribution in [0, 0.1) is 0 Å². The summed E-state index contributed by atoms with van der Waals surface area (Å²) < 4.78 is 40.0. The highest BCUT2D eigenvalue weighted by molar-refractivity contribution is 7.89. The minimum atomic E-state index is -3.77. The van der Waals surface area contributed by atoms with Crippen molar-refractivity contribution in [2.45, 2.75) is 36.6 Å². The van der Waals surface area contributed by atoms with Crippen LogP contribution in [-0.2, 0) is 14.8 Å². The van der Waals surface area contributed by atoms with Gasteiger partial charge in [0.15, 0.2) is 11.5 Å². The smallest absolute Gasteiger partial charge is 0.240 e. The highest BCUT2D eigenvalue weighted by Gasteiger charge is 2.30. The SMILES string of the molecule is O=C(CCNS(=O)(=O)c1ccc2c(c1)OCCO2)N1CCCC[C@H]1c1nc2ccccc2s1. The van der Waals surface area contributed by atoms with Crippen LogP contribution in [0.1, 0.15) is 36.7 Å². The Kier molecular flexibility index (Phi) is 6.22. The summed E-state index contributed by atoms with van der Waals surface area (Å²) in [5.74, 6) is 0.873. The van der Waals surface area contributed by atoms with Gasteiger partial charge in [-0.3, -0.25) is 4.79 Å². The van der Waals surface area contributed by atoms with Crippen LogP contribution >= 0.6 is 11.3 Å². The van der Waals surface area contributed by atoms with Gasteiger partial charge in [0.05, 0.1) is 21.2 Å². The lowest BCUT2D eigenvalue weighted by Crippen LogP contribution is -2.40. The van der Waals surface area contributed by atoms with Gasteiger partial charge in [0, 0.05) is 25.6 Å². The van der Waals surface area contributed by atoms with E-state index in [-0.39, 0.29) is 29.8 Å². The minimum absolute atomic E-state index is 0.0265. The first kappa shape index (κ1) is 22.1. The molecule has 0 radical (unpaired) electrons. The van der Waals surface area contributed by atoms with Crippen LogP contribution in [0.25, 0.3) is 10.2 Å². The lowest BCUT2D eigenvalue weighted by atomic mass is 10.0. The van der Waals surface area contributed by atoms with Gasteiger partial charge in [0.1, 0.15) is 18.2 Å². The van der Waals surface area contributed by atoms with E-state index in [0.717, 1.165) is 34.5 Å². The highest BCUT2D eigenvalue weighted by atomic mass is 32.2. The maximum atomic E-state index is 13.0. The maximum absolute atomic E-state index is 13.0. The molecular weight excluding hydrogens is 462 g/mol. The molecule has 0 unspecified atom stereocenters. The van der Waals surface area contributed by atoms with E-state index in [9.17, 15) is 13.2 Å². The van der Waals surface area contributed by atoms with E-state index < -0.39 is 10.0 Å². The quantitative estimate of drug-likeness (QED) is 0.572. The second-order valence-corrected chi connectivity index (χ2v) is 10.9. The van der Waals surface area contributed by atoms with Gasteiger partial charge >= 0.3 is 0 Å². The van der Waals surface area contributed by atoms with Crippen LogP contribution in [0.3, 0.4) is 0 Å². The molecule has 10 heteroatoms. The van der Waals surface area contributed by atoms with E-state index in [4.69, 9.17) is 14.5 Å². The number of sulfonamides is 1. The molecule has 33 heavy (non-hydrogen) atoms. The van der Waals surface area contributed by atoms with E-state index in [2.05, 4.69) is 4.72 Å². The summed E-state index contributed by atoms with van der Waals surface area (Å²) in [4.78, 5) is 19.7. The molecular formula is C23H25N3O5S2. The van der Waals surface area contributed by atoms with Gasteiger partial charge < -0.3 is 14.4 Å². The first-order valence-corrected chi connectivity index (χ1v) is 13.4. The Balaban J connectivity index is 1.24. The van der Waals surface area contributed by atoms with Crippen LogP contribution in [-0.4, -0.2) is 50.5 Å². The number of piperidine rings is 1. The third kappa shape index (κ3) is 4.68. The first-order valence-electron chi connectivity index (χ1n) is 11.1. The Morgan fingerprint density at radius 1 is 1.12 bits per heavy atom. The molecule has 2 aliphatic heterocycles. The van der Waals surface area contributed by atoms with E-state index in [0.29, 0.717) is 31.3 Å². The van der Waals surface area contributed by atoms with Crippen molar-refractivity contribution in [1.82, 2.24) is 14.6 Å². The van der Waals surface area contributed by atoms with Crippen molar-refractivity contribution in [2.24, 2.45) is 0 Å². The number of carbonyl (C=O) groups excluding carboxylic acids is 1. The fraction of sp³-hybridized carbons (Fsp3) is 0.391. The van der Waals surface area contributed by atoms with Crippen LogP contribution in [0.4, 0.5) is 0 Å². The number of thiazole rings is 1.